The fourth-order valence-corrected chi connectivity index (χ4v) is 3.86. The molecule has 29 heavy (non-hydrogen) atoms. The number of nitrogens with zero attached hydrogens (tertiary/aromatic N) is 5. The number of hydrogen-bond acceptors (Lipinski definition) is 5. The van der Waals surface area contributed by atoms with Crippen LogP contribution in [0.3, 0.4) is 0 Å². The van der Waals surface area contributed by atoms with Crippen LogP contribution in [0.15, 0.2) is 66.6 Å². The first-order valence-corrected chi connectivity index (χ1v) is 9.98. The van der Waals surface area contributed by atoms with E-state index in [2.05, 4.69) is 21.8 Å². The van der Waals surface area contributed by atoms with Gasteiger partial charge < -0.3 is 4.90 Å². The van der Waals surface area contributed by atoms with Crippen molar-refractivity contribution in [2.45, 2.75) is 30.4 Å². The van der Waals surface area contributed by atoms with Gasteiger partial charge in [0.1, 0.15) is 5.82 Å². The molecule has 0 aliphatic rings. The van der Waals surface area contributed by atoms with Crippen molar-refractivity contribution in [1.82, 2.24) is 24.6 Å². The minimum atomic E-state index is -0.383. The molecule has 2 aromatic heterocycles. The minimum absolute atomic E-state index is 0.0714. The van der Waals surface area contributed by atoms with E-state index in [0.717, 1.165) is 11.1 Å². The van der Waals surface area contributed by atoms with E-state index < -0.39 is 0 Å². The zero-order valence-corrected chi connectivity index (χ0v) is 17.1. The van der Waals surface area contributed by atoms with Crippen molar-refractivity contribution in [1.29, 1.82) is 0 Å². The van der Waals surface area contributed by atoms with Gasteiger partial charge in [-0.25, -0.2) is 4.39 Å². The average Bonchev–Trinajstić information content (AvgIpc) is 3.10. The number of carbonyl (C=O) groups is 1. The van der Waals surface area contributed by atoms with Crippen LogP contribution >= 0.6 is 11.8 Å². The Bertz CT molecular complexity index is 992. The second-order valence-corrected chi connectivity index (χ2v) is 7.83. The van der Waals surface area contributed by atoms with E-state index in [4.69, 9.17) is 0 Å². The number of thioether (sulfide) groups is 1. The van der Waals surface area contributed by atoms with Gasteiger partial charge in [-0.05, 0) is 36.8 Å². The maximum atomic E-state index is 13.4. The highest BCUT2D eigenvalue weighted by atomic mass is 32.2. The lowest BCUT2D eigenvalue weighted by Crippen LogP contribution is -2.33. The predicted molar refractivity (Wildman–Crippen MR) is 112 cm³/mol. The SMILES string of the molecule is C=CCn1c(S[C@@H](C)C(=O)N(C)Cc2cccc(F)c2)nnc1-c1ccncc1. The Balaban J connectivity index is 1.74. The lowest BCUT2D eigenvalue weighted by atomic mass is 10.2. The summed E-state index contributed by atoms with van der Waals surface area (Å²) in [4.78, 5) is 18.4. The Kier molecular flexibility index (Phi) is 6.77. The Morgan fingerprint density at radius 1 is 1.31 bits per heavy atom. The normalized spacial score (nSPS) is 11.8. The molecule has 2 heterocycles. The molecule has 0 spiro atoms. The third-order valence-corrected chi connectivity index (χ3v) is 5.35. The van der Waals surface area contributed by atoms with Crippen LogP contribution in [0.1, 0.15) is 12.5 Å². The molecule has 0 radical (unpaired) electrons. The molecule has 1 atom stereocenters. The van der Waals surface area contributed by atoms with Crippen LogP contribution < -0.4 is 0 Å². The monoisotopic (exact) mass is 411 g/mol. The van der Waals surface area contributed by atoms with E-state index >= 15 is 0 Å². The second-order valence-electron chi connectivity index (χ2n) is 6.53. The van der Waals surface area contributed by atoms with Gasteiger partial charge in [0, 0.05) is 38.1 Å². The summed E-state index contributed by atoms with van der Waals surface area (Å²) in [6, 6.07) is 9.98. The van der Waals surface area contributed by atoms with E-state index in [1.165, 1.54) is 23.9 Å². The third-order valence-electron chi connectivity index (χ3n) is 4.28. The van der Waals surface area contributed by atoms with Gasteiger partial charge in [0.15, 0.2) is 11.0 Å². The van der Waals surface area contributed by atoms with E-state index in [1.807, 2.05) is 23.6 Å². The van der Waals surface area contributed by atoms with Crippen molar-refractivity contribution in [2.24, 2.45) is 0 Å². The smallest absolute Gasteiger partial charge is 0.235 e. The predicted octanol–water partition coefficient (Wildman–Crippen LogP) is 3.80. The lowest BCUT2D eigenvalue weighted by Gasteiger charge is -2.21. The highest BCUT2D eigenvalue weighted by molar-refractivity contribution is 8.00. The molecular weight excluding hydrogens is 389 g/mol. The number of benzene rings is 1. The van der Waals surface area contributed by atoms with Gasteiger partial charge in [-0.2, -0.15) is 0 Å². The molecule has 8 heteroatoms. The van der Waals surface area contributed by atoms with E-state index in [0.29, 0.717) is 24.1 Å². The molecular formula is C21H22FN5OS. The van der Waals surface area contributed by atoms with Crippen LogP contribution in [0, 0.1) is 5.82 Å². The topological polar surface area (TPSA) is 63.9 Å². The van der Waals surface area contributed by atoms with Crippen molar-refractivity contribution in [3.63, 3.8) is 0 Å². The molecule has 0 bridgehead atoms. The van der Waals surface area contributed by atoms with Gasteiger partial charge in [-0.1, -0.05) is 30.0 Å². The van der Waals surface area contributed by atoms with E-state index in [9.17, 15) is 9.18 Å². The first-order valence-electron chi connectivity index (χ1n) is 9.10. The maximum Gasteiger partial charge on any atom is 0.235 e. The van der Waals surface area contributed by atoms with Crippen LogP contribution in [0.4, 0.5) is 4.39 Å². The lowest BCUT2D eigenvalue weighted by molar-refractivity contribution is -0.129. The summed E-state index contributed by atoms with van der Waals surface area (Å²) >= 11 is 1.34. The molecule has 6 nitrogen and oxygen atoms in total. The van der Waals surface area contributed by atoms with Gasteiger partial charge in [0.2, 0.25) is 5.91 Å². The summed E-state index contributed by atoms with van der Waals surface area (Å²) in [5.74, 6) is 0.312. The molecule has 1 aromatic carbocycles. The first-order chi connectivity index (χ1) is 14.0. The second kappa shape index (κ2) is 9.47. The molecule has 3 rings (SSSR count). The zero-order valence-electron chi connectivity index (χ0n) is 16.3. The molecule has 0 saturated heterocycles. The van der Waals surface area contributed by atoms with Gasteiger partial charge in [0.05, 0.1) is 5.25 Å². The molecule has 0 unspecified atom stereocenters. The van der Waals surface area contributed by atoms with Crippen molar-refractivity contribution in [2.75, 3.05) is 7.05 Å². The molecule has 0 fully saturated rings. The standard InChI is InChI=1S/C21H22FN5OS/c1-4-12-27-19(17-8-10-23-11-9-17)24-25-21(27)29-15(2)20(28)26(3)14-16-6-5-7-18(22)13-16/h4-11,13,15H,1,12,14H2,2-3H3/t15-/m0/s1. The van der Waals surface area contributed by atoms with Gasteiger partial charge in [-0.15, -0.1) is 16.8 Å². The molecule has 0 N–H and O–H groups in total. The largest absolute Gasteiger partial charge is 0.340 e. The number of aromatic nitrogens is 4. The molecule has 0 aliphatic carbocycles. The summed E-state index contributed by atoms with van der Waals surface area (Å²) in [5, 5.41) is 8.82. The summed E-state index contributed by atoms with van der Waals surface area (Å²) in [7, 11) is 1.71. The quantitative estimate of drug-likeness (QED) is 0.417. The van der Waals surface area contributed by atoms with Crippen LogP contribution in [0.25, 0.3) is 11.4 Å². The summed E-state index contributed by atoms with van der Waals surface area (Å²) in [6.07, 6.45) is 5.16. The van der Waals surface area contributed by atoms with Crippen molar-refractivity contribution in [3.05, 3.63) is 72.8 Å². The highest BCUT2D eigenvalue weighted by Crippen LogP contribution is 2.27. The first kappa shape index (κ1) is 20.7. The van der Waals surface area contributed by atoms with Crippen LogP contribution in [-0.4, -0.2) is 42.9 Å². The maximum absolute atomic E-state index is 13.4. The zero-order chi connectivity index (χ0) is 20.8. The fourth-order valence-electron chi connectivity index (χ4n) is 2.89. The number of allylic oxidation sites excluding steroid dienone is 1. The number of carbonyl (C=O) groups excluding carboxylic acids is 1. The fraction of sp³-hybridized carbons (Fsp3) is 0.238. The third kappa shape index (κ3) is 5.08. The Hall–Kier alpha value is -3.00. The van der Waals surface area contributed by atoms with Crippen molar-refractivity contribution < 1.29 is 9.18 Å². The van der Waals surface area contributed by atoms with Crippen LogP contribution in [0.5, 0.6) is 0 Å². The minimum Gasteiger partial charge on any atom is -0.340 e. The van der Waals surface area contributed by atoms with Crippen molar-refractivity contribution >= 4 is 17.7 Å². The highest BCUT2D eigenvalue weighted by Gasteiger charge is 2.23. The number of hydrogen-bond donors (Lipinski definition) is 0. The van der Waals surface area contributed by atoms with Gasteiger partial charge >= 0.3 is 0 Å². The summed E-state index contributed by atoms with van der Waals surface area (Å²) < 4.78 is 15.3. The van der Waals surface area contributed by atoms with E-state index in [1.54, 1.807) is 42.6 Å². The number of amides is 1. The number of rotatable bonds is 8. The molecule has 1 amide bonds. The number of pyridine rings is 1. The van der Waals surface area contributed by atoms with Gasteiger partial charge in [0.25, 0.3) is 0 Å². The molecule has 0 aliphatic heterocycles. The average molecular weight is 412 g/mol. The molecule has 150 valence electrons. The summed E-state index contributed by atoms with van der Waals surface area (Å²) in [5.41, 5.74) is 1.64. The Morgan fingerprint density at radius 2 is 2.07 bits per heavy atom. The summed E-state index contributed by atoms with van der Waals surface area (Å²) in [6.45, 7) is 6.49. The number of halogens is 1. The van der Waals surface area contributed by atoms with E-state index in [-0.39, 0.29) is 17.0 Å². The van der Waals surface area contributed by atoms with Crippen LogP contribution in [0.2, 0.25) is 0 Å². The van der Waals surface area contributed by atoms with Crippen molar-refractivity contribution in [3.8, 4) is 11.4 Å². The van der Waals surface area contributed by atoms with Crippen LogP contribution in [-0.2, 0) is 17.9 Å². The van der Waals surface area contributed by atoms with Gasteiger partial charge in [-0.3, -0.25) is 14.3 Å². The molecule has 3 aromatic rings. The Labute approximate surface area is 173 Å². The Morgan fingerprint density at radius 3 is 2.76 bits per heavy atom. The molecule has 0 saturated carbocycles.